The molecule has 4 aliphatic carbocycles. The molecular weight excluding hydrogens is 392 g/mol. The first-order valence-electron chi connectivity index (χ1n) is 12.2. The molecule has 0 aromatic heterocycles. The Morgan fingerprint density at radius 2 is 1.63 bits per heavy atom. The molecule has 8 unspecified atom stereocenters. The Kier molecular flexibility index (Phi) is 5.68. The van der Waals surface area contributed by atoms with Gasteiger partial charge in [-0.15, -0.1) is 0 Å². The third-order valence-corrected chi connectivity index (χ3v) is 8.89. The molecular formula is C25H34F4O. The summed E-state index contributed by atoms with van der Waals surface area (Å²) in [7, 11) is 0. The highest BCUT2D eigenvalue weighted by atomic mass is 19.4. The van der Waals surface area contributed by atoms with Gasteiger partial charge in [-0.2, -0.15) is 13.2 Å². The van der Waals surface area contributed by atoms with Crippen molar-refractivity contribution in [2.24, 2.45) is 35.5 Å². The number of hydrogen-bond acceptors (Lipinski definition) is 1. The standard InChI is InChI=1S/C25H34F4O/c26-19-7-2-4-15(13-19)16-10-11-23-22(14-16)21-9-3-8-20(24(21)30-23)17-5-1-6-18(12-17)25(27,28)29/h10-11,15-21,24H,1-9,12-14H2. The maximum atomic E-state index is 14.0. The molecule has 0 bridgehead atoms. The van der Waals surface area contributed by atoms with Crippen molar-refractivity contribution in [1.82, 2.24) is 0 Å². The van der Waals surface area contributed by atoms with Gasteiger partial charge in [0.2, 0.25) is 0 Å². The highest BCUT2D eigenvalue weighted by Crippen LogP contribution is 2.53. The van der Waals surface area contributed by atoms with E-state index >= 15 is 0 Å². The summed E-state index contributed by atoms with van der Waals surface area (Å²) in [5, 5.41) is 0. The van der Waals surface area contributed by atoms with Crippen molar-refractivity contribution in [2.75, 3.05) is 0 Å². The quantitative estimate of drug-likeness (QED) is 0.415. The maximum absolute atomic E-state index is 14.0. The second-order valence-corrected chi connectivity index (χ2v) is 10.6. The van der Waals surface area contributed by atoms with Gasteiger partial charge in [0.15, 0.2) is 0 Å². The Labute approximate surface area is 177 Å². The largest absolute Gasteiger partial charge is 0.490 e. The molecule has 30 heavy (non-hydrogen) atoms. The van der Waals surface area contributed by atoms with E-state index in [1.165, 1.54) is 5.57 Å². The first-order chi connectivity index (χ1) is 14.4. The van der Waals surface area contributed by atoms with E-state index < -0.39 is 18.3 Å². The summed E-state index contributed by atoms with van der Waals surface area (Å²) in [5.41, 5.74) is 1.39. The van der Waals surface area contributed by atoms with E-state index in [1.807, 2.05) is 0 Å². The predicted molar refractivity (Wildman–Crippen MR) is 108 cm³/mol. The average Bonchev–Trinajstić information content (AvgIpc) is 3.11. The molecule has 1 aliphatic heterocycles. The van der Waals surface area contributed by atoms with Gasteiger partial charge in [-0.3, -0.25) is 0 Å². The Balaban J connectivity index is 1.28. The number of ether oxygens (including phenoxy) is 1. The summed E-state index contributed by atoms with van der Waals surface area (Å²) in [6, 6.07) is 0. The Bertz CT molecular complexity index is 696. The third kappa shape index (κ3) is 3.95. The molecule has 0 spiro atoms. The third-order valence-electron chi connectivity index (χ3n) is 8.89. The lowest BCUT2D eigenvalue weighted by atomic mass is 9.64. The zero-order chi connectivity index (χ0) is 20.9. The van der Waals surface area contributed by atoms with E-state index in [0.29, 0.717) is 37.0 Å². The van der Waals surface area contributed by atoms with Gasteiger partial charge in [-0.05, 0) is 86.7 Å². The number of fused-ring (bicyclic) bond motifs is 2. The second-order valence-electron chi connectivity index (χ2n) is 10.6. The highest BCUT2D eigenvalue weighted by molar-refractivity contribution is 5.33. The topological polar surface area (TPSA) is 9.23 Å². The fourth-order valence-electron chi connectivity index (χ4n) is 7.37. The molecule has 1 heterocycles. The predicted octanol–water partition coefficient (Wildman–Crippen LogP) is 7.53. The van der Waals surface area contributed by atoms with Crippen LogP contribution in [0.3, 0.4) is 0 Å². The number of rotatable bonds is 2. The number of hydrogen-bond donors (Lipinski definition) is 0. The van der Waals surface area contributed by atoms with Crippen LogP contribution in [0.2, 0.25) is 0 Å². The van der Waals surface area contributed by atoms with Crippen molar-refractivity contribution in [3.8, 4) is 0 Å². The van der Waals surface area contributed by atoms with Gasteiger partial charge in [-0.25, -0.2) is 4.39 Å². The molecule has 0 aromatic rings. The van der Waals surface area contributed by atoms with E-state index in [9.17, 15) is 17.6 Å². The van der Waals surface area contributed by atoms with Gasteiger partial charge >= 0.3 is 6.18 Å². The molecule has 3 saturated carbocycles. The van der Waals surface area contributed by atoms with E-state index in [1.54, 1.807) is 0 Å². The van der Waals surface area contributed by atoms with Crippen LogP contribution < -0.4 is 0 Å². The fourth-order valence-corrected chi connectivity index (χ4v) is 7.37. The van der Waals surface area contributed by atoms with Crippen LogP contribution in [0, 0.1) is 35.5 Å². The molecule has 0 amide bonds. The van der Waals surface area contributed by atoms with Crippen LogP contribution in [0.1, 0.15) is 77.0 Å². The molecule has 0 saturated heterocycles. The molecule has 5 rings (SSSR count). The number of halogens is 4. The summed E-state index contributed by atoms with van der Waals surface area (Å²) in [4.78, 5) is 0. The molecule has 8 atom stereocenters. The van der Waals surface area contributed by atoms with Gasteiger partial charge in [-0.1, -0.05) is 31.8 Å². The van der Waals surface area contributed by atoms with Crippen LogP contribution in [-0.2, 0) is 4.74 Å². The van der Waals surface area contributed by atoms with Crippen molar-refractivity contribution < 1.29 is 22.3 Å². The first-order valence-corrected chi connectivity index (χ1v) is 12.2. The summed E-state index contributed by atoms with van der Waals surface area (Å²) in [6.07, 6.45) is 9.45. The van der Waals surface area contributed by atoms with Crippen molar-refractivity contribution in [1.29, 1.82) is 0 Å². The fraction of sp³-hybridized carbons (Fsp3) is 0.840. The molecule has 0 N–H and O–H groups in total. The molecule has 0 aromatic carbocycles. The van der Waals surface area contributed by atoms with Gasteiger partial charge in [0.1, 0.15) is 18.0 Å². The van der Waals surface area contributed by atoms with Gasteiger partial charge in [0.25, 0.3) is 0 Å². The van der Waals surface area contributed by atoms with Crippen LogP contribution >= 0.6 is 0 Å². The van der Waals surface area contributed by atoms with E-state index in [0.717, 1.165) is 50.7 Å². The van der Waals surface area contributed by atoms with Crippen LogP contribution in [0.25, 0.3) is 0 Å². The molecule has 0 radical (unpaired) electrons. The SMILES string of the molecule is FC1CCCC(C2C=CC3=C(C2)C2CCCC(C4CCCC(C(F)(F)F)C4)C2O3)C1. The lowest BCUT2D eigenvalue weighted by Crippen LogP contribution is -2.40. The molecule has 3 fully saturated rings. The summed E-state index contributed by atoms with van der Waals surface area (Å²) in [6.45, 7) is 0. The molecule has 5 aliphatic rings. The lowest BCUT2D eigenvalue weighted by molar-refractivity contribution is -0.189. The van der Waals surface area contributed by atoms with E-state index in [-0.39, 0.29) is 30.8 Å². The normalized spacial score (nSPS) is 44.4. The van der Waals surface area contributed by atoms with Gasteiger partial charge in [0.05, 0.1) is 5.92 Å². The van der Waals surface area contributed by atoms with Crippen molar-refractivity contribution in [3.63, 3.8) is 0 Å². The molecule has 1 nitrogen and oxygen atoms in total. The minimum absolute atomic E-state index is 0.0596. The summed E-state index contributed by atoms with van der Waals surface area (Å²) < 4.78 is 60.5. The van der Waals surface area contributed by atoms with Crippen molar-refractivity contribution in [2.45, 2.75) is 95.5 Å². The van der Waals surface area contributed by atoms with E-state index in [2.05, 4.69) is 12.2 Å². The minimum Gasteiger partial charge on any atom is -0.490 e. The molecule has 5 heteroatoms. The first kappa shape index (κ1) is 20.9. The zero-order valence-electron chi connectivity index (χ0n) is 17.7. The zero-order valence-corrected chi connectivity index (χ0v) is 17.7. The van der Waals surface area contributed by atoms with Gasteiger partial charge < -0.3 is 4.74 Å². The Morgan fingerprint density at radius 3 is 2.43 bits per heavy atom. The number of allylic oxidation sites excluding steroid dienone is 2. The highest BCUT2D eigenvalue weighted by Gasteiger charge is 2.50. The summed E-state index contributed by atoms with van der Waals surface area (Å²) in [5.74, 6) is 1.41. The van der Waals surface area contributed by atoms with Crippen LogP contribution in [0.4, 0.5) is 17.6 Å². The van der Waals surface area contributed by atoms with Gasteiger partial charge in [0, 0.05) is 5.92 Å². The maximum Gasteiger partial charge on any atom is 0.391 e. The smallest absolute Gasteiger partial charge is 0.391 e. The Morgan fingerprint density at radius 1 is 0.867 bits per heavy atom. The minimum atomic E-state index is -4.06. The Hall–Kier alpha value is -1.00. The average molecular weight is 427 g/mol. The second kappa shape index (κ2) is 8.16. The van der Waals surface area contributed by atoms with Crippen molar-refractivity contribution in [3.05, 3.63) is 23.5 Å². The van der Waals surface area contributed by atoms with E-state index in [4.69, 9.17) is 4.74 Å². The van der Waals surface area contributed by atoms with Crippen LogP contribution in [0.5, 0.6) is 0 Å². The number of alkyl halides is 4. The van der Waals surface area contributed by atoms with Crippen molar-refractivity contribution >= 4 is 0 Å². The lowest BCUT2D eigenvalue weighted by Gasteiger charge is -2.42. The van der Waals surface area contributed by atoms with Crippen LogP contribution in [0.15, 0.2) is 23.5 Å². The summed E-state index contributed by atoms with van der Waals surface area (Å²) >= 11 is 0. The van der Waals surface area contributed by atoms with Crippen LogP contribution in [-0.4, -0.2) is 18.5 Å². The molecule has 168 valence electrons. The monoisotopic (exact) mass is 426 g/mol.